The second kappa shape index (κ2) is 7.93. The zero-order chi connectivity index (χ0) is 18.5. The SMILES string of the molecule is CC(=O)OCCc1ccc(C(=O)c2sc(N)nc2-c2ccccc2)cc1. The van der Waals surface area contributed by atoms with Gasteiger partial charge in [0.25, 0.3) is 0 Å². The summed E-state index contributed by atoms with van der Waals surface area (Å²) in [7, 11) is 0. The van der Waals surface area contributed by atoms with Crippen LogP contribution in [0.2, 0.25) is 0 Å². The molecule has 0 amide bonds. The van der Waals surface area contributed by atoms with Gasteiger partial charge in [-0.15, -0.1) is 0 Å². The zero-order valence-electron chi connectivity index (χ0n) is 14.3. The Bertz CT molecular complexity index is 918. The molecule has 1 aromatic heterocycles. The first-order valence-electron chi connectivity index (χ1n) is 8.13. The number of carbonyl (C=O) groups is 2. The Morgan fingerprint density at radius 2 is 1.77 bits per heavy atom. The Morgan fingerprint density at radius 1 is 1.08 bits per heavy atom. The van der Waals surface area contributed by atoms with Crippen molar-refractivity contribution in [1.29, 1.82) is 0 Å². The van der Waals surface area contributed by atoms with Gasteiger partial charge in [0.1, 0.15) is 4.88 Å². The molecule has 5 nitrogen and oxygen atoms in total. The van der Waals surface area contributed by atoms with Crippen LogP contribution in [0, 0.1) is 0 Å². The lowest BCUT2D eigenvalue weighted by Gasteiger charge is -2.05. The van der Waals surface area contributed by atoms with Crippen LogP contribution in [0.15, 0.2) is 54.6 Å². The van der Waals surface area contributed by atoms with Crippen LogP contribution in [-0.4, -0.2) is 23.3 Å². The van der Waals surface area contributed by atoms with Crippen molar-refractivity contribution in [3.63, 3.8) is 0 Å². The van der Waals surface area contributed by atoms with Gasteiger partial charge in [-0.2, -0.15) is 0 Å². The van der Waals surface area contributed by atoms with E-state index in [0.29, 0.717) is 34.3 Å². The highest BCUT2D eigenvalue weighted by molar-refractivity contribution is 7.18. The number of carbonyl (C=O) groups excluding carboxylic acids is 2. The van der Waals surface area contributed by atoms with Crippen molar-refractivity contribution < 1.29 is 14.3 Å². The van der Waals surface area contributed by atoms with Gasteiger partial charge in [0.05, 0.1) is 12.3 Å². The predicted molar refractivity (Wildman–Crippen MR) is 102 cm³/mol. The van der Waals surface area contributed by atoms with E-state index in [4.69, 9.17) is 10.5 Å². The maximum atomic E-state index is 12.9. The normalized spacial score (nSPS) is 10.5. The third-order valence-electron chi connectivity index (χ3n) is 3.81. The molecule has 0 aliphatic rings. The van der Waals surface area contributed by atoms with Crippen molar-refractivity contribution in [3.8, 4) is 11.3 Å². The van der Waals surface area contributed by atoms with Crippen molar-refractivity contribution in [1.82, 2.24) is 4.98 Å². The molecular formula is C20H18N2O3S. The van der Waals surface area contributed by atoms with Crippen LogP contribution in [0.1, 0.15) is 27.7 Å². The van der Waals surface area contributed by atoms with E-state index in [-0.39, 0.29) is 11.8 Å². The third kappa shape index (κ3) is 4.15. The Labute approximate surface area is 155 Å². The fraction of sp³-hybridized carbons (Fsp3) is 0.150. The number of ketones is 1. The van der Waals surface area contributed by atoms with Crippen LogP contribution in [0.3, 0.4) is 0 Å². The Kier molecular flexibility index (Phi) is 5.43. The van der Waals surface area contributed by atoms with Crippen LogP contribution < -0.4 is 5.73 Å². The third-order valence-corrected chi connectivity index (χ3v) is 4.69. The number of nitrogen functional groups attached to an aromatic ring is 1. The zero-order valence-corrected chi connectivity index (χ0v) is 15.1. The second-order valence-corrected chi connectivity index (χ2v) is 6.74. The summed E-state index contributed by atoms with van der Waals surface area (Å²) in [5.41, 5.74) is 8.89. The molecular weight excluding hydrogens is 348 g/mol. The first kappa shape index (κ1) is 17.8. The largest absolute Gasteiger partial charge is 0.466 e. The van der Waals surface area contributed by atoms with E-state index in [0.717, 1.165) is 11.1 Å². The molecule has 0 saturated carbocycles. The fourth-order valence-electron chi connectivity index (χ4n) is 2.55. The predicted octanol–water partition coefficient (Wildman–Crippen LogP) is 3.73. The van der Waals surface area contributed by atoms with Crippen molar-refractivity contribution in [2.75, 3.05) is 12.3 Å². The van der Waals surface area contributed by atoms with Crippen molar-refractivity contribution >= 4 is 28.2 Å². The molecule has 0 aliphatic carbocycles. The molecule has 3 rings (SSSR count). The summed E-state index contributed by atoms with van der Waals surface area (Å²) in [5.74, 6) is -0.405. The number of benzene rings is 2. The van der Waals surface area contributed by atoms with Gasteiger partial charge in [-0.05, 0) is 5.56 Å². The van der Waals surface area contributed by atoms with Crippen LogP contribution in [0.5, 0.6) is 0 Å². The summed E-state index contributed by atoms with van der Waals surface area (Å²) in [4.78, 5) is 28.6. The van der Waals surface area contributed by atoms with Gasteiger partial charge in [-0.3, -0.25) is 9.59 Å². The summed E-state index contributed by atoms with van der Waals surface area (Å²) < 4.78 is 4.93. The molecule has 26 heavy (non-hydrogen) atoms. The van der Waals surface area contributed by atoms with Crippen LogP contribution in [0.4, 0.5) is 5.13 Å². The number of hydrogen-bond acceptors (Lipinski definition) is 6. The first-order chi connectivity index (χ1) is 12.5. The number of aromatic nitrogens is 1. The molecule has 2 aromatic carbocycles. The van der Waals surface area contributed by atoms with Crippen LogP contribution >= 0.6 is 11.3 Å². The average Bonchev–Trinajstić information content (AvgIpc) is 3.04. The molecule has 1 heterocycles. The van der Waals surface area contributed by atoms with Gasteiger partial charge >= 0.3 is 5.97 Å². The number of ether oxygens (including phenoxy) is 1. The molecule has 0 fully saturated rings. The highest BCUT2D eigenvalue weighted by atomic mass is 32.1. The van der Waals surface area contributed by atoms with E-state index >= 15 is 0 Å². The standard InChI is InChI=1S/C20H18N2O3S/c1-13(23)25-12-11-14-7-9-16(10-8-14)18(24)19-17(22-20(21)26-19)15-5-3-2-4-6-15/h2-10H,11-12H2,1H3,(H2,21,22). The van der Waals surface area contributed by atoms with Crippen LogP contribution in [-0.2, 0) is 16.0 Å². The number of thiazole rings is 1. The number of hydrogen-bond donors (Lipinski definition) is 1. The minimum Gasteiger partial charge on any atom is -0.466 e. The monoisotopic (exact) mass is 366 g/mol. The Morgan fingerprint density at radius 3 is 2.42 bits per heavy atom. The smallest absolute Gasteiger partial charge is 0.302 e. The molecule has 0 radical (unpaired) electrons. The highest BCUT2D eigenvalue weighted by Gasteiger charge is 2.20. The molecule has 0 bridgehead atoms. The second-order valence-electron chi connectivity index (χ2n) is 5.71. The van der Waals surface area contributed by atoms with Crippen molar-refractivity contribution in [3.05, 3.63) is 70.6 Å². The van der Waals surface area contributed by atoms with E-state index < -0.39 is 0 Å². The number of rotatable bonds is 6. The summed E-state index contributed by atoms with van der Waals surface area (Å²) in [6.07, 6.45) is 0.608. The average molecular weight is 366 g/mol. The van der Waals surface area contributed by atoms with Crippen LogP contribution in [0.25, 0.3) is 11.3 Å². The minimum absolute atomic E-state index is 0.107. The molecule has 132 valence electrons. The Balaban J connectivity index is 1.81. The van der Waals surface area contributed by atoms with Gasteiger partial charge in [0.15, 0.2) is 5.13 Å². The molecule has 2 N–H and O–H groups in total. The van der Waals surface area contributed by atoms with E-state index in [1.165, 1.54) is 18.3 Å². The summed E-state index contributed by atoms with van der Waals surface area (Å²) in [6, 6.07) is 16.8. The summed E-state index contributed by atoms with van der Waals surface area (Å²) >= 11 is 1.19. The van der Waals surface area contributed by atoms with Gasteiger partial charge < -0.3 is 10.5 Å². The summed E-state index contributed by atoms with van der Waals surface area (Å²) in [6.45, 7) is 1.71. The van der Waals surface area contributed by atoms with E-state index in [1.807, 2.05) is 42.5 Å². The highest BCUT2D eigenvalue weighted by Crippen LogP contribution is 2.31. The molecule has 0 saturated heterocycles. The van der Waals surface area contributed by atoms with E-state index in [9.17, 15) is 9.59 Å². The lowest BCUT2D eigenvalue weighted by Crippen LogP contribution is -2.04. The maximum absolute atomic E-state index is 12.9. The van der Waals surface area contributed by atoms with Crippen molar-refractivity contribution in [2.45, 2.75) is 13.3 Å². The quantitative estimate of drug-likeness (QED) is 0.531. The minimum atomic E-state index is -0.298. The number of anilines is 1. The lowest BCUT2D eigenvalue weighted by molar-refractivity contribution is -0.140. The topological polar surface area (TPSA) is 82.3 Å². The Hall–Kier alpha value is -2.99. The van der Waals surface area contributed by atoms with Gasteiger partial charge in [-0.25, -0.2) is 4.98 Å². The molecule has 0 unspecified atom stereocenters. The molecule has 3 aromatic rings. The van der Waals surface area contributed by atoms with E-state index in [2.05, 4.69) is 4.98 Å². The molecule has 0 spiro atoms. The lowest BCUT2D eigenvalue weighted by atomic mass is 10.0. The first-order valence-corrected chi connectivity index (χ1v) is 8.95. The molecule has 0 aliphatic heterocycles. The fourth-order valence-corrected chi connectivity index (χ4v) is 3.37. The number of nitrogens with two attached hydrogens (primary N) is 1. The van der Waals surface area contributed by atoms with Gasteiger partial charge in [-0.1, -0.05) is 65.9 Å². The van der Waals surface area contributed by atoms with Crippen molar-refractivity contribution in [2.24, 2.45) is 0 Å². The van der Waals surface area contributed by atoms with E-state index in [1.54, 1.807) is 12.1 Å². The number of esters is 1. The maximum Gasteiger partial charge on any atom is 0.302 e. The number of nitrogens with zero attached hydrogens (tertiary/aromatic N) is 1. The molecule has 6 heteroatoms. The summed E-state index contributed by atoms with van der Waals surface area (Å²) in [5, 5.41) is 0.366. The van der Waals surface area contributed by atoms with Gasteiger partial charge in [0, 0.05) is 24.5 Å². The van der Waals surface area contributed by atoms with Gasteiger partial charge in [0.2, 0.25) is 5.78 Å². The molecule has 0 atom stereocenters.